The van der Waals surface area contributed by atoms with Crippen molar-refractivity contribution in [1.82, 2.24) is 10.3 Å². The molecule has 0 radical (unpaired) electrons. The maximum Gasteiger partial charge on any atom is 0.248 e. The molecule has 36 heavy (non-hydrogen) atoms. The van der Waals surface area contributed by atoms with Gasteiger partial charge in [0.05, 0.1) is 0 Å². The molecule has 0 aliphatic rings. The number of carbonyl (C=O) groups excluding carboxylic acids is 3. The van der Waals surface area contributed by atoms with E-state index in [4.69, 9.17) is 0 Å². The lowest BCUT2D eigenvalue weighted by atomic mass is 9.99. The molecule has 0 saturated heterocycles. The number of aromatic nitrogens is 1. The van der Waals surface area contributed by atoms with E-state index in [9.17, 15) is 18.8 Å². The highest BCUT2D eigenvalue weighted by Crippen LogP contribution is 2.30. The van der Waals surface area contributed by atoms with Crippen LogP contribution in [-0.4, -0.2) is 28.2 Å². The van der Waals surface area contributed by atoms with E-state index in [1.165, 1.54) is 23.1 Å². The molecule has 0 aliphatic heterocycles. The molecule has 0 saturated carbocycles. The molecule has 2 N–H and O–H groups in total. The molecule has 0 fully saturated rings. The third-order valence-corrected chi connectivity index (χ3v) is 5.25. The fourth-order valence-electron chi connectivity index (χ4n) is 3.65. The quantitative estimate of drug-likeness (QED) is 0.468. The highest BCUT2D eigenvalue weighted by molar-refractivity contribution is 6.03. The van der Waals surface area contributed by atoms with Crippen molar-refractivity contribution in [3.05, 3.63) is 89.9 Å². The second-order valence-corrected chi connectivity index (χ2v) is 9.56. The normalized spacial score (nSPS) is 11.9. The smallest absolute Gasteiger partial charge is 0.248 e. The number of hydrogen-bond donors (Lipinski definition) is 2. The second-order valence-electron chi connectivity index (χ2n) is 9.56. The number of carbonyl (C=O) groups is 3. The van der Waals surface area contributed by atoms with Crippen molar-refractivity contribution in [2.45, 2.75) is 52.1 Å². The molecule has 1 aromatic heterocycles. The van der Waals surface area contributed by atoms with E-state index in [1.54, 1.807) is 42.6 Å². The topological polar surface area (TPSA) is 91.4 Å². The van der Waals surface area contributed by atoms with E-state index >= 15 is 0 Å². The summed E-state index contributed by atoms with van der Waals surface area (Å²) in [5.41, 5.74) is 1.21. The summed E-state index contributed by atoms with van der Waals surface area (Å²) < 4.78 is 14.2. The van der Waals surface area contributed by atoms with Crippen LogP contribution in [0.4, 0.5) is 15.9 Å². The molecule has 3 aromatic rings. The lowest BCUT2D eigenvalue weighted by Gasteiger charge is -2.34. The summed E-state index contributed by atoms with van der Waals surface area (Å²) in [6.07, 6.45) is 1.22. The molecule has 1 atom stereocenters. The van der Waals surface area contributed by atoms with Crippen LogP contribution in [0.25, 0.3) is 0 Å². The summed E-state index contributed by atoms with van der Waals surface area (Å²) in [5, 5.41) is 5.58. The van der Waals surface area contributed by atoms with Gasteiger partial charge in [-0.1, -0.05) is 42.0 Å². The van der Waals surface area contributed by atoms with Gasteiger partial charge in [0.2, 0.25) is 17.7 Å². The molecule has 0 aliphatic carbocycles. The Hall–Kier alpha value is -4.07. The number of benzene rings is 2. The molecule has 1 heterocycles. The van der Waals surface area contributed by atoms with E-state index in [0.29, 0.717) is 11.4 Å². The number of aryl methyl sites for hydroxylation is 1. The largest absolute Gasteiger partial charge is 0.349 e. The van der Waals surface area contributed by atoms with Crippen LogP contribution in [-0.2, 0) is 14.4 Å². The maximum atomic E-state index is 14.2. The number of halogens is 1. The third kappa shape index (κ3) is 7.46. The van der Waals surface area contributed by atoms with Crippen molar-refractivity contribution >= 4 is 29.2 Å². The Kier molecular flexibility index (Phi) is 8.53. The maximum absolute atomic E-state index is 14.2. The number of amides is 3. The molecule has 8 heteroatoms. The first-order valence-electron chi connectivity index (χ1n) is 11.7. The Labute approximate surface area is 210 Å². The van der Waals surface area contributed by atoms with E-state index in [-0.39, 0.29) is 18.5 Å². The summed E-state index contributed by atoms with van der Waals surface area (Å²) in [4.78, 5) is 44.9. The predicted molar refractivity (Wildman–Crippen MR) is 138 cm³/mol. The van der Waals surface area contributed by atoms with Gasteiger partial charge in [-0.2, -0.15) is 0 Å². The van der Waals surface area contributed by atoms with Gasteiger partial charge in [0, 0.05) is 30.3 Å². The third-order valence-electron chi connectivity index (χ3n) is 5.25. The van der Waals surface area contributed by atoms with Gasteiger partial charge in [0.25, 0.3) is 0 Å². The Morgan fingerprint density at radius 1 is 0.972 bits per heavy atom. The molecule has 188 valence electrons. The number of anilines is 2. The van der Waals surface area contributed by atoms with E-state index in [0.717, 1.165) is 5.56 Å². The van der Waals surface area contributed by atoms with Gasteiger partial charge >= 0.3 is 0 Å². The molecule has 2 aromatic carbocycles. The summed E-state index contributed by atoms with van der Waals surface area (Å²) in [5.74, 6) is -1.48. The average molecular weight is 491 g/mol. The molecule has 0 spiro atoms. The van der Waals surface area contributed by atoms with Crippen LogP contribution < -0.4 is 15.5 Å². The highest BCUT2D eigenvalue weighted by Gasteiger charge is 2.34. The predicted octanol–water partition coefficient (Wildman–Crippen LogP) is 4.94. The molecule has 3 rings (SSSR count). The Bertz CT molecular complexity index is 1210. The van der Waals surface area contributed by atoms with Crippen LogP contribution in [0.5, 0.6) is 0 Å². The van der Waals surface area contributed by atoms with Gasteiger partial charge in [-0.3, -0.25) is 19.3 Å². The van der Waals surface area contributed by atoms with Crippen molar-refractivity contribution in [3.8, 4) is 0 Å². The standard InChI is InChI=1S/C28H31FN4O3/c1-19-11-13-20(14-12-19)26(27(36)32-28(2,3)4)33(22-9-7-8-21(29)18-22)25(35)16-15-24(34)31-23-10-5-6-17-30-23/h5-14,17-18,26H,15-16H2,1-4H3,(H,32,36)(H,30,31,34)/t26-/m1/s1. The summed E-state index contributed by atoms with van der Waals surface area (Å²) in [6.45, 7) is 7.44. The minimum Gasteiger partial charge on any atom is -0.349 e. The lowest BCUT2D eigenvalue weighted by molar-refractivity contribution is -0.128. The average Bonchev–Trinajstić information content (AvgIpc) is 2.81. The van der Waals surface area contributed by atoms with Gasteiger partial charge in [0.15, 0.2) is 0 Å². The molecule has 7 nitrogen and oxygen atoms in total. The van der Waals surface area contributed by atoms with Crippen molar-refractivity contribution in [3.63, 3.8) is 0 Å². The lowest BCUT2D eigenvalue weighted by Crippen LogP contribution is -2.49. The monoisotopic (exact) mass is 490 g/mol. The Morgan fingerprint density at radius 2 is 1.69 bits per heavy atom. The Morgan fingerprint density at radius 3 is 2.31 bits per heavy atom. The summed E-state index contributed by atoms with van der Waals surface area (Å²) >= 11 is 0. The molecular formula is C28H31FN4O3. The first-order valence-corrected chi connectivity index (χ1v) is 11.7. The molecular weight excluding hydrogens is 459 g/mol. The van der Waals surface area contributed by atoms with Crippen LogP contribution in [0.2, 0.25) is 0 Å². The number of rotatable bonds is 8. The SMILES string of the molecule is Cc1ccc([C@H](C(=O)NC(C)(C)C)N(C(=O)CCC(=O)Nc2ccccn2)c2cccc(F)c2)cc1. The molecule has 0 bridgehead atoms. The zero-order chi connectivity index (χ0) is 26.3. The fraction of sp³-hybridized carbons (Fsp3) is 0.286. The fourth-order valence-corrected chi connectivity index (χ4v) is 3.65. The Balaban J connectivity index is 1.95. The van der Waals surface area contributed by atoms with Crippen LogP contribution in [0.3, 0.4) is 0 Å². The summed E-state index contributed by atoms with van der Waals surface area (Å²) in [7, 11) is 0. The first kappa shape index (κ1) is 26.5. The molecule has 0 unspecified atom stereocenters. The van der Waals surface area contributed by atoms with Crippen molar-refractivity contribution in [1.29, 1.82) is 0 Å². The zero-order valence-electron chi connectivity index (χ0n) is 20.9. The number of nitrogens with one attached hydrogen (secondary N) is 2. The van der Waals surface area contributed by atoms with Crippen LogP contribution in [0.15, 0.2) is 72.9 Å². The van der Waals surface area contributed by atoms with Gasteiger partial charge in [-0.25, -0.2) is 9.37 Å². The van der Waals surface area contributed by atoms with E-state index < -0.39 is 35.1 Å². The minimum absolute atomic E-state index is 0.136. The van der Waals surface area contributed by atoms with Gasteiger partial charge < -0.3 is 10.6 Å². The number of pyridine rings is 1. The molecule has 3 amide bonds. The highest BCUT2D eigenvalue weighted by atomic mass is 19.1. The van der Waals surface area contributed by atoms with Crippen molar-refractivity contribution in [2.24, 2.45) is 0 Å². The minimum atomic E-state index is -1.07. The van der Waals surface area contributed by atoms with Crippen LogP contribution in [0, 0.1) is 12.7 Å². The van der Waals surface area contributed by atoms with Gasteiger partial charge in [0.1, 0.15) is 17.7 Å². The van der Waals surface area contributed by atoms with Gasteiger partial charge in [-0.05, 0) is 63.6 Å². The van der Waals surface area contributed by atoms with E-state index in [2.05, 4.69) is 15.6 Å². The van der Waals surface area contributed by atoms with Crippen LogP contribution in [0.1, 0.15) is 50.8 Å². The van der Waals surface area contributed by atoms with Crippen molar-refractivity contribution in [2.75, 3.05) is 10.2 Å². The number of nitrogens with zero attached hydrogens (tertiary/aromatic N) is 2. The van der Waals surface area contributed by atoms with Crippen molar-refractivity contribution < 1.29 is 18.8 Å². The first-order chi connectivity index (χ1) is 17.0. The van der Waals surface area contributed by atoms with Crippen LogP contribution >= 0.6 is 0 Å². The zero-order valence-corrected chi connectivity index (χ0v) is 20.9. The van der Waals surface area contributed by atoms with E-state index in [1.807, 2.05) is 39.8 Å². The van der Waals surface area contributed by atoms with Gasteiger partial charge in [-0.15, -0.1) is 0 Å². The summed E-state index contributed by atoms with van der Waals surface area (Å²) in [6, 6.07) is 16.8. The number of hydrogen-bond acceptors (Lipinski definition) is 4. The second kappa shape index (κ2) is 11.6.